The quantitative estimate of drug-likeness (QED) is 0.714. The van der Waals surface area contributed by atoms with Crippen molar-refractivity contribution >= 4 is 44.7 Å². The third-order valence-corrected chi connectivity index (χ3v) is 6.72. The van der Waals surface area contributed by atoms with E-state index in [-0.39, 0.29) is 17.2 Å². The minimum atomic E-state index is -3.58. The number of rotatable bonds is 6. The minimum Gasteiger partial charge on any atom is -0.379 e. The highest BCUT2D eigenvalue weighted by molar-refractivity contribution is 7.89. The third-order valence-electron chi connectivity index (χ3n) is 4.17. The second kappa shape index (κ2) is 8.58. The van der Waals surface area contributed by atoms with Gasteiger partial charge in [-0.1, -0.05) is 29.3 Å². The van der Waals surface area contributed by atoms with Gasteiger partial charge in [-0.05, 0) is 36.4 Å². The van der Waals surface area contributed by atoms with Gasteiger partial charge in [0, 0.05) is 18.7 Å². The number of anilines is 1. The molecule has 1 fully saturated rings. The lowest BCUT2D eigenvalue weighted by molar-refractivity contribution is 0.0730. The van der Waals surface area contributed by atoms with Crippen molar-refractivity contribution in [3.05, 3.63) is 58.1 Å². The van der Waals surface area contributed by atoms with Crippen molar-refractivity contribution in [1.29, 1.82) is 0 Å². The first-order chi connectivity index (χ1) is 12.9. The van der Waals surface area contributed by atoms with E-state index >= 15 is 0 Å². The topological polar surface area (TPSA) is 75.7 Å². The SMILES string of the molecule is O=C(CNc1c(Cl)cccc1Cl)c1ccc(S(=O)(=O)N2CCOCC2)cc1. The fraction of sp³-hybridized carbons (Fsp3) is 0.278. The predicted molar refractivity (Wildman–Crippen MR) is 105 cm³/mol. The Labute approximate surface area is 168 Å². The summed E-state index contributed by atoms with van der Waals surface area (Å²) >= 11 is 12.1. The van der Waals surface area contributed by atoms with E-state index in [0.717, 1.165) is 0 Å². The number of sulfonamides is 1. The molecule has 0 saturated carbocycles. The highest BCUT2D eigenvalue weighted by Crippen LogP contribution is 2.29. The van der Waals surface area contributed by atoms with E-state index in [0.29, 0.717) is 47.6 Å². The lowest BCUT2D eigenvalue weighted by Crippen LogP contribution is -2.40. The van der Waals surface area contributed by atoms with E-state index in [1.54, 1.807) is 18.2 Å². The Morgan fingerprint density at radius 3 is 2.22 bits per heavy atom. The van der Waals surface area contributed by atoms with Crippen LogP contribution in [0.3, 0.4) is 0 Å². The van der Waals surface area contributed by atoms with Crippen molar-refractivity contribution in [1.82, 2.24) is 4.31 Å². The van der Waals surface area contributed by atoms with Crippen molar-refractivity contribution in [3.63, 3.8) is 0 Å². The van der Waals surface area contributed by atoms with Crippen LogP contribution in [0.5, 0.6) is 0 Å². The molecule has 9 heteroatoms. The van der Waals surface area contributed by atoms with Gasteiger partial charge in [0.1, 0.15) is 0 Å². The number of hydrogen-bond acceptors (Lipinski definition) is 5. The van der Waals surface area contributed by atoms with Crippen LogP contribution >= 0.6 is 23.2 Å². The highest BCUT2D eigenvalue weighted by Gasteiger charge is 2.26. The molecule has 1 aliphatic heterocycles. The fourth-order valence-electron chi connectivity index (χ4n) is 2.69. The van der Waals surface area contributed by atoms with Crippen LogP contribution in [0.15, 0.2) is 47.4 Å². The first-order valence-electron chi connectivity index (χ1n) is 8.28. The van der Waals surface area contributed by atoms with Crippen LogP contribution in [-0.4, -0.2) is 51.4 Å². The van der Waals surface area contributed by atoms with E-state index in [1.807, 2.05) is 0 Å². The molecule has 3 rings (SSSR count). The molecule has 2 aromatic carbocycles. The van der Waals surface area contributed by atoms with Gasteiger partial charge in [0.25, 0.3) is 0 Å². The zero-order valence-corrected chi connectivity index (χ0v) is 16.6. The number of halogens is 2. The number of carbonyl (C=O) groups is 1. The van der Waals surface area contributed by atoms with Crippen LogP contribution in [0.2, 0.25) is 10.0 Å². The Morgan fingerprint density at radius 2 is 1.63 bits per heavy atom. The normalized spacial score (nSPS) is 15.5. The molecule has 6 nitrogen and oxygen atoms in total. The highest BCUT2D eigenvalue weighted by atomic mass is 35.5. The molecule has 1 heterocycles. The molecule has 0 unspecified atom stereocenters. The zero-order chi connectivity index (χ0) is 19.4. The summed E-state index contributed by atoms with van der Waals surface area (Å²) in [5.41, 5.74) is 0.882. The lowest BCUT2D eigenvalue weighted by atomic mass is 10.1. The van der Waals surface area contributed by atoms with Crippen molar-refractivity contribution in [2.75, 3.05) is 38.2 Å². The summed E-state index contributed by atoms with van der Waals surface area (Å²) in [6.45, 7) is 1.40. The number of para-hydroxylation sites is 1. The average molecular weight is 429 g/mol. The maximum absolute atomic E-state index is 12.6. The minimum absolute atomic E-state index is 0.0149. The number of carbonyl (C=O) groups excluding carboxylic acids is 1. The fourth-order valence-corrected chi connectivity index (χ4v) is 4.63. The summed E-state index contributed by atoms with van der Waals surface area (Å²) in [4.78, 5) is 12.5. The number of benzene rings is 2. The summed E-state index contributed by atoms with van der Waals surface area (Å²) in [5, 5.41) is 3.76. The molecule has 1 aliphatic rings. The maximum atomic E-state index is 12.6. The van der Waals surface area contributed by atoms with E-state index in [4.69, 9.17) is 27.9 Å². The maximum Gasteiger partial charge on any atom is 0.243 e. The Kier molecular flexibility index (Phi) is 6.39. The van der Waals surface area contributed by atoms with Crippen molar-refractivity contribution in [2.24, 2.45) is 0 Å². The van der Waals surface area contributed by atoms with Crippen LogP contribution in [0.4, 0.5) is 5.69 Å². The Hall–Kier alpha value is -1.64. The van der Waals surface area contributed by atoms with Gasteiger partial charge in [-0.15, -0.1) is 0 Å². The van der Waals surface area contributed by atoms with Gasteiger partial charge >= 0.3 is 0 Å². The van der Waals surface area contributed by atoms with Crippen molar-refractivity contribution in [3.8, 4) is 0 Å². The van der Waals surface area contributed by atoms with E-state index in [1.165, 1.54) is 28.6 Å². The number of Topliss-reactive ketones (excluding diaryl/α,β-unsaturated/α-hetero) is 1. The molecule has 1 N–H and O–H groups in total. The van der Waals surface area contributed by atoms with Gasteiger partial charge in [-0.25, -0.2) is 8.42 Å². The Balaban J connectivity index is 1.68. The number of nitrogens with one attached hydrogen (secondary N) is 1. The molecular weight excluding hydrogens is 411 g/mol. The molecule has 0 amide bonds. The third kappa shape index (κ3) is 4.62. The second-order valence-electron chi connectivity index (χ2n) is 5.91. The van der Waals surface area contributed by atoms with Gasteiger partial charge in [-0.3, -0.25) is 4.79 Å². The van der Waals surface area contributed by atoms with Gasteiger partial charge in [0.15, 0.2) is 5.78 Å². The summed E-state index contributed by atoms with van der Waals surface area (Å²) in [5.74, 6) is -0.207. The van der Waals surface area contributed by atoms with Gasteiger partial charge < -0.3 is 10.1 Å². The molecule has 0 aliphatic carbocycles. The van der Waals surface area contributed by atoms with Crippen LogP contribution < -0.4 is 5.32 Å². The number of ether oxygens (including phenoxy) is 1. The predicted octanol–water partition coefficient (Wildman–Crippen LogP) is 3.31. The summed E-state index contributed by atoms with van der Waals surface area (Å²) in [6.07, 6.45) is 0. The molecule has 0 atom stereocenters. The molecule has 2 aromatic rings. The van der Waals surface area contributed by atoms with Gasteiger partial charge in [0.05, 0.1) is 40.4 Å². The monoisotopic (exact) mass is 428 g/mol. The Bertz CT molecular complexity index is 907. The van der Waals surface area contributed by atoms with Crippen LogP contribution in [0, 0.1) is 0 Å². The van der Waals surface area contributed by atoms with Crippen LogP contribution in [0.25, 0.3) is 0 Å². The molecule has 0 aromatic heterocycles. The summed E-state index contributed by atoms with van der Waals surface area (Å²) in [6, 6.07) is 11.0. The molecule has 0 radical (unpaired) electrons. The molecule has 0 bridgehead atoms. The standard InChI is InChI=1S/C18H18Cl2N2O4S/c19-15-2-1-3-16(20)18(15)21-12-17(23)13-4-6-14(7-5-13)27(24,25)22-8-10-26-11-9-22/h1-7,21H,8-12H2. The van der Waals surface area contributed by atoms with Crippen LogP contribution in [0.1, 0.15) is 10.4 Å². The average Bonchev–Trinajstić information content (AvgIpc) is 2.68. The smallest absolute Gasteiger partial charge is 0.243 e. The second-order valence-corrected chi connectivity index (χ2v) is 8.67. The Morgan fingerprint density at radius 1 is 1.04 bits per heavy atom. The number of hydrogen-bond donors (Lipinski definition) is 1. The number of ketones is 1. The molecule has 0 spiro atoms. The first kappa shape index (κ1) is 20.1. The van der Waals surface area contributed by atoms with E-state index < -0.39 is 10.0 Å². The molecular formula is C18H18Cl2N2O4S. The van der Waals surface area contributed by atoms with Gasteiger partial charge in [0.2, 0.25) is 10.0 Å². The van der Waals surface area contributed by atoms with Crippen molar-refractivity contribution < 1.29 is 17.9 Å². The molecule has 144 valence electrons. The number of morpholine rings is 1. The van der Waals surface area contributed by atoms with E-state index in [9.17, 15) is 13.2 Å². The van der Waals surface area contributed by atoms with Crippen LogP contribution in [-0.2, 0) is 14.8 Å². The summed E-state index contributed by atoms with van der Waals surface area (Å²) in [7, 11) is -3.58. The van der Waals surface area contributed by atoms with Crippen molar-refractivity contribution in [2.45, 2.75) is 4.90 Å². The van der Waals surface area contributed by atoms with E-state index in [2.05, 4.69) is 5.32 Å². The first-order valence-corrected chi connectivity index (χ1v) is 10.5. The zero-order valence-electron chi connectivity index (χ0n) is 14.3. The molecule has 27 heavy (non-hydrogen) atoms. The largest absolute Gasteiger partial charge is 0.379 e. The number of nitrogens with zero attached hydrogens (tertiary/aromatic N) is 1. The van der Waals surface area contributed by atoms with Gasteiger partial charge in [-0.2, -0.15) is 4.31 Å². The lowest BCUT2D eigenvalue weighted by Gasteiger charge is -2.26. The summed E-state index contributed by atoms with van der Waals surface area (Å²) < 4.78 is 31.8. The molecule has 1 saturated heterocycles.